The molecule has 1 heterocycles. The molecule has 6 aromatic rings. The predicted molar refractivity (Wildman–Crippen MR) is 195 cm³/mol. The number of benzene rings is 5. The molecule has 4 N–H and O–H groups in total. The topological polar surface area (TPSA) is 103 Å². The van der Waals surface area contributed by atoms with Crippen LogP contribution in [-0.4, -0.2) is 22.7 Å². The summed E-state index contributed by atoms with van der Waals surface area (Å²) < 4.78 is 0. The van der Waals surface area contributed by atoms with E-state index in [1.54, 1.807) is 42.6 Å². The van der Waals surface area contributed by atoms with Crippen molar-refractivity contribution >= 4 is 57.8 Å². The van der Waals surface area contributed by atoms with Crippen molar-refractivity contribution in [2.45, 2.75) is 24.0 Å². The predicted octanol–water partition coefficient (Wildman–Crippen LogP) is 8.67. The Morgan fingerprint density at radius 3 is 2.15 bits per heavy atom. The monoisotopic (exact) mass is 650 g/mol. The van der Waals surface area contributed by atoms with Crippen LogP contribution >= 0.6 is 11.8 Å². The lowest BCUT2D eigenvalue weighted by Crippen LogP contribution is -2.30. The minimum atomic E-state index is -0.555. The van der Waals surface area contributed by atoms with Crippen LogP contribution < -0.4 is 16.0 Å². The standard InChI is InChI=1S/C40H34N4O3S/c1-26-20-27(2)22-32(21-26)43-40(47)37(28-12-5-3-6-13-28)48-33-17-11-16-31(24-33)42-39(46)36(44-38(45)29-14-7-4-8-15-29)23-30-25-41-35-19-10-9-18-34(30)35/h3-25,37,41H,1-2H3,(H,42,46)(H,43,47)(H,44,45)/b36-23-. The lowest BCUT2D eigenvalue weighted by Gasteiger charge is -2.18. The molecule has 0 saturated carbocycles. The smallest absolute Gasteiger partial charge is 0.272 e. The van der Waals surface area contributed by atoms with Crippen LogP contribution in [0.15, 0.2) is 144 Å². The summed E-state index contributed by atoms with van der Waals surface area (Å²) in [5, 5.41) is 9.21. The van der Waals surface area contributed by atoms with Gasteiger partial charge in [-0.15, -0.1) is 11.8 Å². The lowest BCUT2D eigenvalue weighted by atomic mass is 10.1. The molecule has 0 saturated heterocycles. The second-order valence-electron chi connectivity index (χ2n) is 11.4. The molecule has 0 fully saturated rings. The van der Waals surface area contributed by atoms with E-state index in [0.717, 1.165) is 43.7 Å². The third kappa shape index (κ3) is 7.92. The van der Waals surface area contributed by atoms with Crippen molar-refractivity contribution in [1.29, 1.82) is 0 Å². The van der Waals surface area contributed by atoms with E-state index in [2.05, 4.69) is 27.0 Å². The highest BCUT2D eigenvalue weighted by atomic mass is 32.2. The minimum Gasteiger partial charge on any atom is -0.361 e. The normalized spacial score (nSPS) is 11.9. The summed E-state index contributed by atoms with van der Waals surface area (Å²) in [6.45, 7) is 4.00. The molecule has 1 aromatic heterocycles. The highest BCUT2D eigenvalue weighted by Gasteiger charge is 2.23. The van der Waals surface area contributed by atoms with Crippen LogP contribution in [0.1, 0.15) is 37.9 Å². The van der Waals surface area contributed by atoms with Crippen molar-refractivity contribution in [1.82, 2.24) is 10.3 Å². The maximum Gasteiger partial charge on any atom is 0.272 e. The zero-order valence-electron chi connectivity index (χ0n) is 26.5. The second kappa shape index (κ2) is 14.7. The van der Waals surface area contributed by atoms with Crippen molar-refractivity contribution < 1.29 is 14.4 Å². The van der Waals surface area contributed by atoms with Gasteiger partial charge >= 0.3 is 0 Å². The largest absolute Gasteiger partial charge is 0.361 e. The first-order valence-corrected chi connectivity index (χ1v) is 16.4. The molecule has 0 bridgehead atoms. The van der Waals surface area contributed by atoms with Gasteiger partial charge in [-0.2, -0.15) is 0 Å². The van der Waals surface area contributed by atoms with Crippen LogP contribution in [0.5, 0.6) is 0 Å². The van der Waals surface area contributed by atoms with Crippen LogP contribution in [0.4, 0.5) is 11.4 Å². The maximum absolute atomic E-state index is 13.8. The van der Waals surface area contributed by atoms with Gasteiger partial charge in [-0.3, -0.25) is 14.4 Å². The molecule has 3 amide bonds. The van der Waals surface area contributed by atoms with Gasteiger partial charge in [-0.1, -0.05) is 78.9 Å². The second-order valence-corrected chi connectivity index (χ2v) is 12.6. The molecule has 0 spiro atoms. The summed E-state index contributed by atoms with van der Waals surface area (Å²) in [5.41, 5.74) is 6.43. The Morgan fingerprint density at radius 1 is 0.708 bits per heavy atom. The van der Waals surface area contributed by atoms with Gasteiger partial charge in [-0.05, 0) is 85.1 Å². The number of carbonyl (C=O) groups is 3. The summed E-state index contributed by atoms with van der Waals surface area (Å²) in [6, 6.07) is 39.4. The zero-order valence-corrected chi connectivity index (χ0v) is 27.3. The van der Waals surface area contributed by atoms with E-state index in [9.17, 15) is 14.4 Å². The number of thioether (sulfide) groups is 1. The number of aromatic amines is 1. The summed E-state index contributed by atoms with van der Waals surface area (Å²) >= 11 is 1.39. The summed E-state index contributed by atoms with van der Waals surface area (Å²) in [7, 11) is 0. The number of hydrogen-bond acceptors (Lipinski definition) is 4. The summed E-state index contributed by atoms with van der Waals surface area (Å²) in [4.78, 5) is 44.7. The summed E-state index contributed by atoms with van der Waals surface area (Å²) in [6.07, 6.45) is 3.47. The highest BCUT2D eigenvalue weighted by Crippen LogP contribution is 2.37. The number of amides is 3. The Labute approximate surface area is 283 Å². The Kier molecular flexibility index (Phi) is 9.83. The molecule has 5 aromatic carbocycles. The van der Waals surface area contributed by atoms with E-state index in [1.165, 1.54) is 11.8 Å². The van der Waals surface area contributed by atoms with Gasteiger partial charge in [0, 0.05) is 44.5 Å². The number of hydrogen-bond donors (Lipinski definition) is 4. The summed E-state index contributed by atoms with van der Waals surface area (Å²) in [5.74, 6) is -1.04. The van der Waals surface area contributed by atoms with E-state index >= 15 is 0 Å². The number of carbonyl (C=O) groups excluding carboxylic acids is 3. The first-order chi connectivity index (χ1) is 23.3. The van der Waals surface area contributed by atoms with Crippen molar-refractivity contribution in [2.75, 3.05) is 10.6 Å². The SMILES string of the molecule is Cc1cc(C)cc(NC(=O)C(Sc2cccc(NC(=O)/C(=C/c3c[nH]c4ccccc34)NC(=O)c3ccccc3)c2)c2ccccc2)c1. The van der Waals surface area contributed by atoms with E-state index in [0.29, 0.717) is 11.3 Å². The van der Waals surface area contributed by atoms with Crippen molar-refractivity contribution in [2.24, 2.45) is 0 Å². The Hall–Kier alpha value is -5.86. The number of para-hydroxylation sites is 1. The third-order valence-electron chi connectivity index (χ3n) is 7.63. The average Bonchev–Trinajstić information content (AvgIpc) is 3.50. The van der Waals surface area contributed by atoms with Gasteiger partial charge in [-0.25, -0.2) is 0 Å². The lowest BCUT2D eigenvalue weighted by molar-refractivity contribution is -0.116. The molecule has 0 aliphatic heterocycles. The fraction of sp³-hybridized carbons (Fsp3) is 0.0750. The molecule has 1 unspecified atom stereocenters. The molecule has 6 rings (SSSR count). The Balaban J connectivity index is 1.25. The quantitative estimate of drug-likeness (QED) is 0.0880. The van der Waals surface area contributed by atoms with Gasteiger partial charge in [0.15, 0.2) is 0 Å². The number of fused-ring (bicyclic) bond motifs is 1. The van der Waals surface area contributed by atoms with E-state index in [4.69, 9.17) is 0 Å². The molecule has 8 heteroatoms. The van der Waals surface area contributed by atoms with Gasteiger partial charge in [0.25, 0.3) is 11.8 Å². The molecule has 7 nitrogen and oxygen atoms in total. The number of aryl methyl sites for hydroxylation is 2. The fourth-order valence-electron chi connectivity index (χ4n) is 5.45. The van der Waals surface area contributed by atoms with Crippen LogP contribution in [0.25, 0.3) is 17.0 Å². The number of H-pyrrole nitrogens is 1. The molecule has 0 aliphatic rings. The third-order valence-corrected chi connectivity index (χ3v) is 8.87. The first-order valence-electron chi connectivity index (χ1n) is 15.5. The average molecular weight is 651 g/mol. The first kappa shape index (κ1) is 32.1. The molecular formula is C40H34N4O3S. The van der Waals surface area contributed by atoms with E-state index in [-0.39, 0.29) is 11.6 Å². The van der Waals surface area contributed by atoms with Gasteiger partial charge in [0.1, 0.15) is 10.9 Å². The molecule has 48 heavy (non-hydrogen) atoms. The number of aromatic nitrogens is 1. The highest BCUT2D eigenvalue weighted by molar-refractivity contribution is 8.00. The number of rotatable bonds is 10. The van der Waals surface area contributed by atoms with Crippen LogP contribution in [0.3, 0.4) is 0 Å². The molecular weight excluding hydrogens is 617 g/mol. The number of anilines is 2. The van der Waals surface area contributed by atoms with Gasteiger partial charge < -0.3 is 20.9 Å². The van der Waals surface area contributed by atoms with E-state index in [1.807, 2.05) is 105 Å². The van der Waals surface area contributed by atoms with Gasteiger partial charge in [0.05, 0.1) is 0 Å². The van der Waals surface area contributed by atoms with Crippen LogP contribution in [0, 0.1) is 13.8 Å². The Bertz CT molecular complexity index is 2100. The molecule has 1 atom stereocenters. The Morgan fingerprint density at radius 2 is 1.40 bits per heavy atom. The maximum atomic E-state index is 13.8. The van der Waals surface area contributed by atoms with Crippen LogP contribution in [-0.2, 0) is 9.59 Å². The minimum absolute atomic E-state index is 0.0849. The van der Waals surface area contributed by atoms with Crippen LogP contribution in [0.2, 0.25) is 0 Å². The molecule has 0 aliphatic carbocycles. The van der Waals surface area contributed by atoms with Crippen molar-refractivity contribution in [3.8, 4) is 0 Å². The zero-order chi connectivity index (χ0) is 33.5. The number of nitrogens with one attached hydrogen (secondary N) is 4. The molecule has 238 valence electrons. The van der Waals surface area contributed by atoms with Crippen molar-refractivity contribution in [3.05, 3.63) is 167 Å². The molecule has 0 radical (unpaired) electrons. The fourth-order valence-corrected chi connectivity index (χ4v) is 6.53. The van der Waals surface area contributed by atoms with Gasteiger partial charge in [0.2, 0.25) is 5.91 Å². The van der Waals surface area contributed by atoms with E-state index < -0.39 is 17.1 Å². The van der Waals surface area contributed by atoms with Crippen molar-refractivity contribution in [3.63, 3.8) is 0 Å².